The van der Waals surface area contributed by atoms with Crippen LogP contribution in [0.15, 0.2) is 22.0 Å². The number of hydrogen-bond donors (Lipinski definition) is 1. The number of benzene rings is 1. The molecule has 11 nitrogen and oxygen atoms in total. The minimum Gasteiger partial charge on any atom is -0.494 e. The third-order valence-corrected chi connectivity index (χ3v) is 5.82. The number of amides is 1. The Kier molecular flexibility index (Phi) is 6.58. The van der Waals surface area contributed by atoms with Crippen molar-refractivity contribution in [3.8, 4) is 23.1 Å². The summed E-state index contributed by atoms with van der Waals surface area (Å²) in [5, 5.41) is 16.2. The molecule has 0 aliphatic carbocycles. The van der Waals surface area contributed by atoms with Gasteiger partial charge in [-0.15, -0.1) is 0 Å². The minimum atomic E-state index is -0.635. The Labute approximate surface area is 194 Å². The molecule has 0 saturated heterocycles. The van der Waals surface area contributed by atoms with E-state index in [9.17, 15) is 19.5 Å². The molecule has 1 aromatic carbocycles. The minimum absolute atomic E-state index is 0.0437. The standard InChI is InChI=1S/C21H24N4O7S/c1-10(26)25-14(12-7-15(30-5)18(32-11(2)27)16(8-12)31-6)9-13(22-25)17-19(28)23(3)21(33)24(4)20(17)29/h7-8,14,28H,9H2,1-6H3/t14-/m0/s1. The quantitative estimate of drug-likeness (QED) is 0.394. The summed E-state index contributed by atoms with van der Waals surface area (Å²) in [7, 11) is 5.83. The Bertz CT molecular complexity index is 1270. The van der Waals surface area contributed by atoms with E-state index in [0.717, 1.165) is 0 Å². The van der Waals surface area contributed by atoms with E-state index in [4.69, 9.17) is 26.4 Å². The lowest BCUT2D eigenvalue weighted by Crippen LogP contribution is -2.28. The van der Waals surface area contributed by atoms with Gasteiger partial charge in [-0.2, -0.15) is 5.10 Å². The summed E-state index contributed by atoms with van der Waals surface area (Å²) in [6.45, 7) is 2.59. The number of aromatic nitrogens is 2. The molecule has 12 heteroatoms. The lowest BCUT2D eigenvalue weighted by Gasteiger charge is -2.22. The number of carbonyl (C=O) groups is 2. The Balaban J connectivity index is 2.15. The van der Waals surface area contributed by atoms with Crippen LogP contribution in [0.2, 0.25) is 0 Å². The fraction of sp³-hybridized carbons (Fsp3) is 0.381. The number of aromatic hydroxyl groups is 1. The van der Waals surface area contributed by atoms with Gasteiger partial charge in [0.1, 0.15) is 5.56 Å². The molecule has 0 spiro atoms. The molecule has 1 aliphatic heterocycles. The monoisotopic (exact) mass is 476 g/mol. The molecule has 1 amide bonds. The summed E-state index contributed by atoms with van der Waals surface area (Å²) in [5.74, 6) is -0.733. The number of methoxy groups -OCH3 is 2. The van der Waals surface area contributed by atoms with Crippen molar-refractivity contribution < 1.29 is 28.9 Å². The second-order valence-corrected chi connectivity index (χ2v) is 7.75. The molecule has 2 aromatic rings. The number of nitrogens with zero attached hydrogens (tertiary/aromatic N) is 4. The first-order valence-electron chi connectivity index (χ1n) is 9.82. The molecule has 1 aliphatic rings. The number of carbonyl (C=O) groups excluding carboxylic acids is 2. The summed E-state index contributed by atoms with van der Waals surface area (Å²) in [5.41, 5.74) is 0.215. The van der Waals surface area contributed by atoms with Gasteiger partial charge in [0.05, 0.1) is 26.0 Å². The average Bonchev–Trinajstić information content (AvgIpc) is 3.21. The number of ether oxygens (including phenoxy) is 3. The molecule has 176 valence electrons. The molecule has 1 aromatic heterocycles. The van der Waals surface area contributed by atoms with Crippen LogP contribution >= 0.6 is 12.2 Å². The fourth-order valence-electron chi connectivity index (χ4n) is 3.63. The number of rotatable bonds is 5. The summed E-state index contributed by atoms with van der Waals surface area (Å²) < 4.78 is 18.6. The molecule has 2 heterocycles. The maximum Gasteiger partial charge on any atom is 0.308 e. The first kappa shape index (κ1) is 24.0. The highest BCUT2D eigenvalue weighted by Crippen LogP contribution is 2.43. The van der Waals surface area contributed by atoms with E-state index in [1.165, 1.54) is 56.3 Å². The predicted octanol–water partition coefficient (Wildman–Crippen LogP) is 1.80. The molecule has 0 unspecified atom stereocenters. The third kappa shape index (κ3) is 4.21. The lowest BCUT2D eigenvalue weighted by atomic mass is 9.98. The van der Waals surface area contributed by atoms with Crippen LogP contribution in [-0.2, 0) is 23.7 Å². The molecule has 0 fully saturated rings. The second-order valence-electron chi connectivity index (χ2n) is 7.38. The van der Waals surface area contributed by atoms with Crippen LogP contribution in [-0.4, -0.2) is 51.1 Å². The zero-order valence-corrected chi connectivity index (χ0v) is 19.8. The van der Waals surface area contributed by atoms with Crippen LogP contribution < -0.4 is 19.8 Å². The molecule has 0 bridgehead atoms. The van der Waals surface area contributed by atoms with Gasteiger partial charge >= 0.3 is 5.97 Å². The zero-order chi connectivity index (χ0) is 24.6. The number of hydrogen-bond acceptors (Lipinski definition) is 9. The van der Waals surface area contributed by atoms with Gasteiger partial charge in [-0.05, 0) is 29.9 Å². The summed E-state index contributed by atoms with van der Waals surface area (Å²) in [6, 6.07) is 2.57. The van der Waals surface area contributed by atoms with Crippen molar-refractivity contribution in [2.75, 3.05) is 14.2 Å². The van der Waals surface area contributed by atoms with E-state index >= 15 is 0 Å². The van der Waals surface area contributed by atoms with Crippen LogP contribution in [0.25, 0.3) is 0 Å². The lowest BCUT2D eigenvalue weighted by molar-refractivity contribution is -0.132. The van der Waals surface area contributed by atoms with E-state index in [-0.39, 0.29) is 51.5 Å². The normalized spacial score (nSPS) is 15.3. The highest BCUT2D eigenvalue weighted by Gasteiger charge is 2.35. The van der Waals surface area contributed by atoms with Gasteiger partial charge in [0.2, 0.25) is 17.5 Å². The molecule has 3 rings (SSSR count). The highest BCUT2D eigenvalue weighted by atomic mass is 32.1. The third-order valence-electron chi connectivity index (χ3n) is 5.27. The van der Waals surface area contributed by atoms with E-state index < -0.39 is 17.6 Å². The topological polar surface area (TPSA) is 125 Å². The Morgan fingerprint density at radius 3 is 2.18 bits per heavy atom. The molecule has 0 saturated carbocycles. The van der Waals surface area contributed by atoms with Crippen LogP contribution in [0, 0.1) is 4.77 Å². The van der Waals surface area contributed by atoms with Crippen molar-refractivity contribution in [3.63, 3.8) is 0 Å². The summed E-state index contributed by atoms with van der Waals surface area (Å²) >= 11 is 5.16. The smallest absolute Gasteiger partial charge is 0.308 e. The fourth-order valence-corrected chi connectivity index (χ4v) is 3.80. The van der Waals surface area contributed by atoms with Crippen molar-refractivity contribution >= 4 is 29.8 Å². The SMILES string of the molecule is COc1cc([C@@H]2CC(c3c(O)n(C)c(=S)n(C)c3=O)=NN2C(C)=O)cc(OC)c1OC(C)=O. The molecular formula is C21H24N4O7S. The Morgan fingerprint density at radius 2 is 1.70 bits per heavy atom. The van der Waals surface area contributed by atoms with Crippen LogP contribution in [0.5, 0.6) is 23.1 Å². The number of esters is 1. The van der Waals surface area contributed by atoms with E-state index in [2.05, 4.69) is 5.10 Å². The van der Waals surface area contributed by atoms with Crippen LogP contribution in [0.4, 0.5) is 0 Å². The first-order chi connectivity index (χ1) is 15.5. The van der Waals surface area contributed by atoms with E-state index in [0.29, 0.717) is 5.56 Å². The van der Waals surface area contributed by atoms with Gasteiger partial charge in [-0.1, -0.05) is 0 Å². The Morgan fingerprint density at radius 1 is 1.12 bits per heavy atom. The van der Waals surface area contributed by atoms with Crippen molar-refractivity contribution in [2.24, 2.45) is 19.2 Å². The van der Waals surface area contributed by atoms with Crippen molar-refractivity contribution in [1.29, 1.82) is 0 Å². The Hall–Kier alpha value is -3.67. The highest BCUT2D eigenvalue weighted by molar-refractivity contribution is 7.71. The van der Waals surface area contributed by atoms with Crippen LogP contribution in [0.1, 0.15) is 37.4 Å². The van der Waals surface area contributed by atoms with E-state index in [1.807, 2.05) is 0 Å². The summed E-state index contributed by atoms with van der Waals surface area (Å²) in [4.78, 5) is 36.8. The van der Waals surface area contributed by atoms with Crippen molar-refractivity contribution in [1.82, 2.24) is 14.1 Å². The molecule has 33 heavy (non-hydrogen) atoms. The maximum absolute atomic E-state index is 12.9. The van der Waals surface area contributed by atoms with Crippen molar-refractivity contribution in [2.45, 2.75) is 26.3 Å². The van der Waals surface area contributed by atoms with Gasteiger partial charge in [0.15, 0.2) is 16.3 Å². The molecule has 0 radical (unpaired) electrons. The zero-order valence-electron chi connectivity index (χ0n) is 19.0. The first-order valence-corrected chi connectivity index (χ1v) is 10.2. The summed E-state index contributed by atoms with van der Waals surface area (Å²) in [6.07, 6.45) is 0.123. The molecule has 1 atom stereocenters. The van der Waals surface area contributed by atoms with Gasteiger partial charge in [0.25, 0.3) is 5.56 Å². The number of hydrazone groups is 1. The van der Waals surface area contributed by atoms with Gasteiger partial charge in [-0.3, -0.25) is 23.5 Å². The van der Waals surface area contributed by atoms with E-state index in [1.54, 1.807) is 12.1 Å². The average molecular weight is 477 g/mol. The van der Waals surface area contributed by atoms with Gasteiger partial charge in [0, 0.05) is 34.4 Å². The molecule has 1 N–H and O–H groups in total. The maximum atomic E-state index is 12.9. The van der Waals surface area contributed by atoms with Gasteiger partial charge < -0.3 is 19.3 Å². The van der Waals surface area contributed by atoms with Crippen LogP contribution in [0.3, 0.4) is 0 Å². The van der Waals surface area contributed by atoms with Gasteiger partial charge in [-0.25, -0.2) is 5.01 Å². The molecular weight excluding hydrogens is 452 g/mol. The predicted molar refractivity (Wildman–Crippen MR) is 120 cm³/mol. The second kappa shape index (κ2) is 9.06. The van der Waals surface area contributed by atoms with Crippen molar-refractivity contribution in [3.05, 3.63) is 38.4 Å². The largest absolute Gasteiger partial charge is 0.494 e.